The van der Waals surface area contributed by atoms with Crippen LogP contribution in [0.5, 0.6) is 0 Å². The van der Waals surface area contributed by atoms with E-state index in [2.05, 4.69) is 25.8 Å². The van der Waals surface area contributed by atoms with Crippen LogP contribution in [0.3, 0.4) is 0 Å². The Kier molecular flexibility index (Phi) is 4.08. The molecule has 1 fully saturated rings. The fraction of sp³-hybridized carbons (Fsp3) is 0.600. The van der Waals surface area contributed by atoms with Gasteiger partial charge in [0.15, 0.2) is 0 Å². The fourth-order valence-corrected chi connectivity index (χ4v) is 3.32. The lowest BCUT2D eigenvalue weighted by atomic mass is 9.97. The van der Waals surface area contributed by atoms with Gasteiger partial charge in [0.05, 0.1) is 11.3 Å². The molecule has 5 heteroatoms. The van der Waals surface area contributed by atoms with Gasteiger partial charge in [0.1, 0.15) is 0 Å². The Bertz CT molecular complexity index is 516. The molecule has 0 N–H and O–H groups in total. The van der Waals surface area contributed by atoms with Crippen LogP contribution in [-0.2, 0) is 6.42 Å². The fourth-order valence-electron chi connectivity index (χ4n) is 2.99. The molecular weight excluding hydrogens is 318 g/mol. The number of aromatic nitrogens is 1. The summed E-state index contributed by atoms with van der Waals surface area (Å²) in [5.74, 6) is 0.611. The third kappa shape index (κ3) is 2.88. The summed E-state index contributed by atoms with van der Waals surface area (Å²) in [6.45, 7) is 4.46. The molecule has 0 saturated carbocycles. The van der Waals surface area contributed by atoms with E-state index in [4.69, 9.17) is 0 Å². The van der Waals surface area contributed by atoms with E-state index in [1.807, 2.05) is 18.0 Å². The van der Waals surface area contributed by atoms with Crippen LogP contribution in [0.25, 0.3) is 0 Å². The van der Waals surface area contributed by atoms with Crippen molar-refractivity contribution in [1.82, 2.24) is 14.8 Å². The minimum atomic E-state index is 0.0975. The zero-order chi connectivity index (χ0) is 14.1. The van der Waals surface area contributed by atoms with Crippen molar-refractivity contribution in [1.29, 1.82) is 0 Å². The highest BCUT2D eigenvalue weighted by molar-refractivity contribution is 9.10. The zero-order valence-corrected chi connectivity index (χ0v) is 13.4. The largest absolute Gasteiger partial charge is 0.341 e. The number of likely N-dealkylation sites (tertiary alicyclic amines) is 1. The summed E-state index contributed by atoms with van der Waals surface area (Å²) in [6.07, 6.45) is 5.19. The van der Waals surface area contributed by atoms with Crippen molar-refractivity contribution in [3.8, 4) is 0 Å². The summed E-state index contributed by atoms with van der Waals surface area (Å²) in [7, 11) is 1.90. The third-order valence-electron chi connectivity index (χ3n) is 4.33. The molecule has 1 atom stereocenters. The normalized spacial score (nSPS) is 23.2. The highest BCUT2D eigenvalue weighted by Gasteiger charge is 2.27. The zero-order valence-electron chi connectivity index (χ0n) is 11.8. The van der Waals surface area contributed by atoms with Crippen LogP contribution < -0.4 is 0 Å². The second-order valence-electron chi connectivity index (χ2n) is 5.89. The van der Waals surface area contributed by atoms with Crippen molar-refractivity contribution >= 4 is 21.8 Å². The number of carbonyl (C=O) groups is 1. The lowest BCUT2D eigenvalue weighted by molar-refractivity contribution is 0.0774. The summed E-state index contributed by atoms with van der Waals surface area (Å²) in [5, 5.41) is 0. The van der Waals surface area contributed by atoms with Crippen molar-refractivity contribution in [3.63, 3.8) is 0 Å². The van der Waals surface area contributed by atoms with Crippen molar-refractivity contribution in [2.75, 3.05) is 33.2 Å². The average molecular weight is 338 g/mol. The number of hydrogen-bond donors (Lipinski definition) is 0. The molecule has 0 aliphatic carbocycles. The minimum Gasteiger partial charge on any atom is -0.341 e. The van der Waals surface area contributed by atoms with Crippen molar-refractivity contribution < 1.29 is 4.79 Å². The van der Waals surface area contributed by atoms with Crippen LogP contribution in [0.15, 0.2) is 16.7 Å². The Morgan fingerprint density at radius 3 is 2.95 bits per heavy atom. The van der Waals surface area contributed by atoms with Crippen LogP contribution in [0.4, 0.5) is 0 Å². The molecule has 2 aliphatic rings. The van der Waals surface area contributed by atoms with Crippen LogP contribution >= 0.6 is 15.9 Å². The van der Waals surface area contributed by atoms with Gasteiger partial charge in [-0.25, -0.2) is 0 Å². The maximum absolute atomic E-state index is 12.4. The first kappa shape index (κ1) is 14.0. The molecule has 0 radical (unpaired) electrons. The van der Waals surface area contributed by atoms with E-state index in [1.165, 1.54) is 19.5 Å². The van der Waals surface area contributed by atoms with Crippen LogP contribution in [0.2, 0.25) is 0 Å². The topological polar surface area (TPSA) is 36.4 Å². The number of rotatable bonds is 3. The molecule has 3 heterocycles. The molecule has 0 spiro atoms. The average Bonchev–Trinajstić information content (AvgIpc) is 2.47. The number of amides is 1. The maximum Gasteiger partial charge on any atom is 0.255 e. The van der Waals surface area contributed by atoms with Crippen molar-refractivity contribution in [2.45, 2.75) is 19.3 Å². The molecule has 1 aromatic heterocycles. The van der Waals surface area contributed by atoms with E-state index in [0.717, 1.165) is 41.7 Å². The van der Waals surface area contributed by atoms with Gasteiger partial charge in [-0.3, -0.25) is 9.78 Å². The Balaban J connectivity index is 1.75. The molecule has 0 bridgehead atoms. The molecule has 3 rings (SSSR count). The standard InChI is InChI=1S/C15H20BrN3O/c1-18-10-11(3-6-19-4-2-5-19)7-14-13(15(18)20)8-12(16)9-17-14/h8-9,11H,2-7,10H2,1H3. The first-order valence-electron chi connectivity index (χ1n) is 7.25. The molecular formula is C15H20BrN3O. The van der Waals surface area contributed by atoms with Gasteiger partial charge in [-0.1, -0.05) is 0 Å². The Labute approximate surface area is 128 Å². The van der Waals surface area contributed by atoms with Gasteiger partial charge >= 0.3 is 0 Å². The predicted molar refractivity (Wildman–Crippen MR) is 81.8 cm³/mol. The lowest BCUT2D eigenvalue weighted by Crippen LogP contribution is -2.39. The van der Waals surface area contributed by atoms with Crippen LogP contribution in [-0.4, -0.2) is 53.9 Å². The molecule has 2 aliphatic heterocycles. The predicted octanol–water partition coefficient (Wildman–Crippen LogP) is 2.18. The van der Waals surface area contributed by atoms with E-state index in [9.17, 15) is 4.79 Å². The van der Waals surface area contributed by atoms with Crippen molar-refractivity contribution in [2.24, 2.45) is 5.92 Å². The number of carbonyl (C=O) groups excluding carboxylic acids is 1. The minimum absolute atomic E-state index is 0.0975. The quantitative estimate of drug-likeness (QED) is 0.848. The first-order chi connectivity index (χ1) is 9.63. The molecule has 20 heavy (non-hydrogen) atoms. The van der Waals surface area contributed by atoms with Gasteiger partial charge in [0.2, 0.25) is 0 Å². The Morgan fingerprint density at radius 1 is 1.45 bits per heavy atom. The Morgan fingerprint density at radius 2 is 2.25 bits per heavy atom. The van der Waals surface area contributed by atoms with Gasteiger partial charge in [-0.2, -0.15) is 0 Å². The number of halogens is 1. The number of pyridine rings is 1. The summed E-state index contributed by atoms with van der Waals surface area (Å²) in [5.41, 5.74) is 1.71. The second-order valence-corrected chi connectivity index (χ2v) is 6.80. The number of hydrogen-bond acceptors (Lipinski definition) is 3. The molecule has 1 unspecified atom stereocenters. The maximum atomic E-state index is 12.4. The molecule has 1 aromatic rings. The lowest BCUT2D eigenvalue weighted by Gasteiger charge is -2.32. The van der Waals surface area contributed by atoms with E-state index >= 15 is 0 Å². The van der Waals surface area contributed by atoms with E-state index in [1.54, 1.807) is 6.20 Å². The summed E-state index contributed by atoms with van der Waals surface area (Å²) >= 11 is 3.41. The SMILES string of the molecule is CN1CC(CCN2CCC2)Cc2ncc(Br)cc2C1=O. The third-order valence-corrected chi connectivity index (χ3v) is 4.76. The van der Waals surface area contributed by atoms with Gasteiger partial charge < -0.3 is 9.80 Å². The second kappa shape index (κ2) is 5.82. The van der Waals surface area contributed by atoms with E-state index < -0.39 is 0 Å². The smallest absolute Gasteiger partial charge is 0.255 e. The molecule has 4 nitrogen and oxygen atoms in total. The highest BCUT2D eigenvalue weighted by Crippen LogP contribution is 2.24. The molecule has 1 saturated heterocycles. The Hall–Kier alpha value is -0.940. The molecule has 0 aromatic carbocycles. The van der Waals surface area contributed by atoms with Crippen LogP contribution in [0, 0.1) is 5.92 Å². The summed E-state index contributed by atoms with van der Waals surface area (Å²) in [4.78, 5) is 21.2. The van der Waals surface area contributed by atoms with E-state index in [0.29, 0.717) is 5.92 Å². The summed E-state index contributed by atoms with van der Waals surface area (Å²) in [6, 6.07) is 1.90. The van der Waals surface area contributed by atoms with Gasteiger partial charge in [0.25, 0.3) is 5.91 Å². The van der Waals surface area contributed by atoms with Gasteiger partial charge in [-0.15, -0.1) is 0 Å². The monoisotopic (exact) mass is 337 g/mol. The number of fused-ring (bicyclic) bond motifs is 1. The first-order valence-corrected chi connectivity index (χ1v) is 8.05. The van der Waals surface area contributed by atoms with Gasteiger partial charge in [0, 0.05) is 24.3 Å². The highest BCUT2D eigenvalue weighted by atomic mass is 79.9. The number of nitrogens with zero attached hydrogens (tertiary/aromatic N) is 3. The molecule has 1 amide bonds. The van der Waals surface area contributed by atoms with Gasteiger partial charge in [-0.05, 0) is 66.8 Å². The van der Waals surface area contributed by atoms with E-state index in [-0.39, 0.29) is 5.91 Å². The summed E-state index contributed by atoms with van der Waals surface area (Å²) < 4.78 is 0.872. The molecule has 108 valence electrons. The van der Waals surface area contributed by atoms with Crippen LogP contribution in [0.1, 0.15) is 28.9 Å². The van der Waals surface area contributed by atoms with Crippen molar-refractivity contribution in [3.05, 3.63) is 28.0 Å².